The number of rotatable bonds is 2. The van der Waals surface area contributed by atoms with Crippen molar-refractivity contribution in [3.63, 3.8) is 0 Å². The highest BCUT2D eigenvalue weighted by Gasteiger charge is 2.36. The van der Waals surface area contributed by atoms with Crippen LogP contribution in [0.15, 0.2) is 11.6 Å². The van der Waals surface area contributed by atoms with Gasteiger partial charge in [0, 0.05) is 5.92 Å². The fourth-order valence-electron chi connectivity index (χ4n) is 3.49. The van der Waals surface area contributed by atoms with E-state index in [1.807, 2.05) is 0 Å². The zero-order chi connectivity index (χ0) is 10.8. The highest BCUT2D eigenvalue weighted by atomic mass is 16.1. The molecule has 0 heterocycles. The van der Waals surface area contributed by atoms with Crippen molar-refractivity contribution in [2.24, 2.45) is 23.7 Å². The van der Waals surface area contributed by atoms with E-state index >= 15 is 0 Å². The number of carbonyl (C=O) groups excluding carboxylic acids is 1. The van der Waals surface area contributed by atoms with Crippen LogP contribution in [-0.4, -0.2) is 6.29 Å². The molecule has 84 valence electrons. The van der Waals surface area contributed by atoms with Gasteiger partial charge in [0.1, 0.15) is 6.29 Å². The fourth-order valence-corrected chi connectivity index (χ4v) is 3.49. The summed E-state index contributed by atoms with van der Waals surface area (Å²) >= 11 is 0. The molecule has 1 saturated carbocycles. The first-order valence-electron chi connectivity index (χ1n) is 6.35. The van der Waals surface area contributed by atoms with Crippen molar-refractivity contribution in [1.82, 2.24) is 0 Å². The summed E-state index contributed by atoms with van der Waals surface area (Å²) < 4.78 is 0. The van der Waals surface area contributed by atoms with Crippen LogP contribution in [0.2, 0.25) is 0 Å². The highest BCUT2D eigenvalue weighted by molar-refractivity contribution is 5.53. The monoisotopic (exact) mass is 206 g/mol. The van der Waals surface area contributed by atoms with Crippen LogP contribution in [0.5, 0.6) is 0 Å². The molecule has 0 radical (unpaired) electrons. The number of aldehydes is 1. The maximum Gasteiger partial charge on any atom is 0.123 e. The van der Waals surface area contributed by atoms with Crippen molar-refractivity contribution in [3.8, 4) is 0 Å². The van der Waals surface area contributed by atoms with Gasteiger partial charge >= 0.3 is 0 Å². The van der Waals surface area contributed by atoms with E-state index in [1.165, 1.54) is 32.1 Å². The molecule has 2 rings (SSSR count). The normalized spacial score (nSPS) is 37.7. The van der Waals surface area contributed by atoms with Crippen LogP contribution in [0.4, 0.5) is 0 Å². The molecule has 0 spiro atoms. The van der Waals surface area contributed by atoms with E-state index in [1.54, 1.807) is 5.57 Å². The van der Waals surface area contributed by atoms with Crippen LogP contribution < -0.4 is 0 Å². The molecule has 0 aromatic heterocycles. The van der Waals surface area contributed by atoms with Crippen molar-refractivity contribution in [3.05, 3.63) is 11.6 Å². The van der Waals surface area contributed by atoms with Gasteiger partial charge in [-0.05, 0) is 50.4 Å². The number of allylic oxidation sites excluding steroid dienone is 2. The average Bonchev–Trinajstić information content (AvgIpc) is 2.27. The lowest BCUT2D eigenvalue weighted by Gasteiger charge is -2.41. The van der Waals surface area contributed by atoms with Crippen LogP contribution in [0.1, 0.15) is 46.0 Å². The van der Waals surface area contributed by atoms with Gasteiger partial charge in [-0.3, -0.25) is 0 Å². The van der Waals surface area contributed by atoms with Crippen LogP contribution in [0, 0.1) is 23.7 Å². The number of fused-ring (bicyclic) bond motifs is 1. The molecule has 0 bridgehead atoms. The predicted octanol–water partition coefficient (Wildman–Crippen LogP) is 3.59. The quantitative estimate of drug-likeness (QED) is 0.498. The minimum absolute atomic E-state index is 0.250. The summed E-state index contributed by atoms with van der Waals surface area (Å²) in [6.07, 6.45) is 10.2. The Morgan fingerprint density at radius 1 is 1.40 bits per heavy atom. The van der Waals surface area contributed by atoms with E-state index in [4.69, 9.17) is 0 Å². The molecule has 0 aromatic carbocycles. The van der Waals surface area contributed by atoms with E-state index in [2.05, 4.69) is 19.9 Å². The van der Waals surface area contributed by atoms with Gasteiger partial charge in [0.05, 0.1) is 0 Å². The lowest BCUT2D eigenvalue weighted by Crippen LogP contribution is -2.33. The van der Waals surface area contributed by atoms with Crippen molar-refractivity contribution in [1.29, 1.82) is 0 Å². The summed E-state index contributed by atoms with van der Waals surface area (Å²) in [4.78, 5) is 10.9. The molecule has 1 heteroatoms. The predicted molar refractivity (Wildman–Crippen MR) is 62.5 cm³/mol. The first-order chi connectivity index (χ1) is 7.22. The minimum atomic E-state index is 0.250. The second-order valence-electron chi connectivity index (χ2n) is 5.48. The van der Waals surface area contributed by atoms with Gasteiger partial charge in [0.25, 0.3) is 0 Å². The Morgan fingerprint density at radius 2 is 2.20 bits per heavy atom. The van der Waals surface area contributed by atoms with Gasteiger partial charge in [0.2, 0.25) is 0 Å². The standard InChI is InChI=1S/C14H22O/c1-10-6-7-12-4-3-5-13(11(2)9-15)14(12)8-10/h8-9,11-14H,3-7H2,1-2H3/t11-,12?,13?,14?/m0/s1. The minimum Gasteiger partial charge on any atom is -0.303 e. The summed E-state index contributed by atoms with van der Waals surface area (Å²) in [5, 5.41) is 0. The zero-order valence-electron chi connectivity index (χ0n) is 9.91. The number of hydrogen-bond donors (Lipinski definition) is 0. The van der Waals surface area contributed by atoms with E-state index in [0.717, 1.165) is 12.2 Å². The van der Waals surface area contributed by atoms with Gasteiger partial charge < -0.3 is 4.79 Å². The van der Waals surface area contributed by atoms with Crippen molar-refractivity contribution >= 4 is 6.29 Å². The summed E-state index contributed by atoms with van der Waals surface area (Å²) in [6, 6.07) is 0. The number of carbonyl (C=O) groups is 1. The van der Waals surface area contributed by atoms with Gasteiger partial charge in [-0.1, -0.05) is 25.0 Å². The van der Waals surface area contributed by atoms with Gasteiger partial charge in [-0.25, -0.2) is 0 Å². The first-order valence-corrected chi connectivity index (χ1v) is 6.35. The molecule has 0 amide bonds. The maximum atomic E-state index is 10.9. The maximum absolute atomic E-state index is 10.9. The average molecular weight is 206 g/mol. The lowest BCUT2D eigenvalue weighted by atomic mass is 9.64. The molecule has 2 aliphatic rings. The van der Waals surface area contributed by atoms with Gasteiger partial charge in [-0.2, -0.15) is 0 Å². The van der Waals surface area contributed by atoms with Crippen molar-refractivity contribution in [2.45, 2.75) is 46.0 Å². The Kier molecular flexibility index (Phi) is 3.28. The smallest absolute Gasteiger partial charge is 0.123 e. The lowest BCUT2D eigenvalue weighted by molar-refractivity contribution is -0.113. The molecule has 0 saturated heterocycles. The SMILES string of the molecule is CC1=CC2C(CCCC2[C@@H](C)C=O)CC1. The Hall–Kier alpha value is -0.590. The molecule has 4 atom stereocenters. The molecular weight excluding hydrogens is 184 g/mol. The molecule has 15 heavy (non-hydrogen) atoms. The molecular formula is C14H22O. The summed E-state index contributed by atoms with van der Waals surface area (Å²) in [5.41, 5.74) is 1.54. The topological polar surface area (TPSA) is 17.1 Å². The van der Waals surface area contributed by atoms with Gasteiger partial charge in [-0.15, -0.1) is 0 Å². The third-order valence-electron chi connectivity index (χ3n) is 4.43. The molecule has 1 fully saturated rings. The molecule has 0 aromatic rings. The Bertz CT molecular complexity index is 267. The fraction of sp³-hybridized carbons (Fsp3) is 0.786. The second-order valence-corrected chi connectivity index (χ2v) is 5.48. The van der Waals surface area contributed by atoms with Crippen LogP contribution in [0.3, 0.4) is 0 Å². The zero-order valence-corrected chi connectivity index (χ0v) is 9.91. The molecule has 0 N–H and O–H groups in total. The Balaban J connectivity index is 2.17. The van der Waals surface area contributed by atoms with E-state index < -0.39 is 0 Å². The highest BCUT2D eigenvalue weighted by Crippen LogP contribution is 2.44. The van der Waals surface area contributed by atoms with E-state index in [0.29, 0.717) is 11.8 Å². The largest absolute Gasteiger partial charge is 0.303 e. The first kappa shape index (κ1) is 10.9. The van der Waals surface area contributed by atoms with Gasteiger partial charge in [0.15, 0.2) is 0 Å². The Labute approximate surface area is 92.9 Å². The van der Waals surface area contributed by atoms with Crippen LogP contribution in [-0.2, 0) is 4.79 Å². The summed E-state index contributed by atoms with van der Waals surface area (Å²) in [5.74, 6) is 2.44. The molecule has 0 aliphatic heterocycles. The van der Waals surface area contributed by atoms with Crippen molar-refractivity contribution < 1.29 is 4.79 Å². The Morgan fingerprint density at radius 3 is 2.93 bits per heavy atom. The van der Waals surface area contributed by atoms with Crippen LogP contribution in [0.25, 0.3) is 0 Å². The molecule has 1 nitrogen and oxygen atoms in total. The summed E-state index contributed by atoms with van der Waals surface area (Å²) in [6.45, 7) is 4.34. The molecule has 3 unspecified atom stereocenters. The second kappa shape index (κ2) is 4.51. The molecule has 2 aliphatic carbocycles. The van der Waals surface area contributed by atoms with Crippen LogP contribution >= 0.6 is 0 Å². The third kappa shape index (κ3) is 2.16. The van der Waals surface area contributed by atoms with Crippen molar-refractivity contribution in [2.75, 3.05) is 0 Å². The van der Waals surface area contributed by atoms with E-state index in [9.17, 15) is 4.79 Å². The summed E-state index contributed by atoms with van der Waals surface area (Å²) in [7, 11) is 0. The van der Waals surface area contributed by atoms with E-state index in [-0.39, 0.29) is 5.92 Å². The number of hydrogen-bond acceptors (Lipinski definition) is 1. The third-order valence-corrected chi connectivity index (χ3v) is 4.43.